The quantitative estimate of drug-likeness (QED) is 0.711. The van der Waals surface area contributed by atoms with E-state index in [1.165, 1.54) is 15.8 Å². The molecule has 1 aromatic heterocycles. The van der Waals surface area contributed by atoms with Gasteiger partial charge >= 0.3 is 0 Å². The molecule has 3 rings (SSSR count). The number of aromatic nitrogens is 1. The predicted octanol–water partition coefficient (Wildman–Crippen LogP) is 2.50. The van der Waals surface area contributed by atoms with Gasteiger partial charge in [0.1, 0.15) is 0 Å². The molecule has 0 bridgehead atoms. The predicted molar refractivity (Wildman–Crippen MR) is 61.1 cm³/mol. The summed E-state index contributed by atoms with van der Waals surface area (Å²) in [5.41, 5.74) is 7.18. The van der Waals surface area contributed by atoms with E-state index in [1.807, 2.05) is 12.3 Å². The van der Waals surface area contributed by atoms with Crippen LogP contribution in [-0.4, -0.2) is 9.94 Å². The van der Waals surface area contributed by atoms with E-state index in [-0.39, 0.29) is 5.37 Å². The molecule has 70 valence electrons. The zero-order chi connectivity index (χ0) is 9.54. The van der Waals surface area contributed by atoms with Crippen molar-refractivity contribution in [3.63, 3.8) is 0 Å². The van der Waals surface area contributed by atoms with Crippen molar-refractivity contribution in [1.29, 1.82) is 0 Å². The number of benzene rings is 1. The molecule has 1 aromatic carbocycles. The number of hydrogen-bond acceptors (Lipinski definition) is 2. The van der Waals surface area contributed by atoms with Crippen LogP contribution < -0.4 is 5.73 Å². The van der Waals surface area contributed by atoms with E-state index in [2.05, 4.69) is 35.0 Å². The molecule has 0 amide bonds. The molecule has 0 spiro atoms. The van der Waals surface area contributed by atoms with Gasteiger partial charge in [0.15, 0.2) is 0 Å². The summed E-state index contributed by atoms with van der Waals surface area (Å²) in [7, 11) is 0. The third kappa shape index (κ3) is 1.10. The second-order valence-corrected chi connectivity index (χ2v) is 4.56. The lowest BCUT2D eigenvalue weighted by molar-refractivity contribution is 1.15. The van der Waals surface area contributed by atoms with Crippen LogP contribution in [0.15, 0.2) is 41.4 Å². The summed E-state index contributed by atoms with van der Waals surface area (Å²) in [4.78, 5) is 1.25. The topological polar surface area (TPSA) is 30.9 Å². The fourth-order valence-electron chi connectivity index (χ4n) is 1.77. The average molecular weight is 202 g/mol. The molecular weight excluding hydrogens is 192 g/mol. The molecule has 0 aliphatic carbocycles. The minimum Gasteiger partial charge on any atom is -0.322 e. The summed E-state index contributed by atoms with van der Waals surface area (Å²) in [6.45, 7) is 0. The minimum absolute atomic E-state index is 0.0560. The van der Waals surface area contributed by atoms with Gasteiger partial charge in [-0.25, -0.2) is 0 Å². The maximum Gasteiger partial charge on any atom is 0.0758 e. The highest BCUT2D eigenvalue weighted by atomic mass is 32.2. The Morgan fingerprint density at radius 2 is 2.21 bits per heavy atom. The standard InChI is InChI=1S/C11H10N2S/c12-10-5-7-13-6-4-8-2-1-3-9(14-10)11(8)13/h1-7,10H,12H2. The van der Waals surface area contributed by atoms with Crippen molar-refractivity contribution < 1.29 is 0 Å². The average Bonchev–Trinajstić information content (AvgIpc) is 2.51. The Morgan fingerprint density at radius 3 is 3.14 bits per heavy atom. The van der Waals surface area contributed by atoms with Crippen LogP contribution >= 0.6 is 11.8 Å². The van der Waals surface area contributed by atoms with Crippen molar-refractivity contribution in [2.75, 3.05) is 0 Å². The lowest BCUT2D eigenvalue weighted by Gasteiger charge is -2.04. The third-order valence-electron chi connectivity index (χ3n) is 2.40. The Labute approximate surface area is 86.4 Å². The summed E-state index contributed by atoms with van der Waals surface area (Å²) >= 11 is 1.70. The first-order valence-electron chi connectivity index (χ1n) is 4.55. The molecule has 0 saturated carbocycles. The van der Waals surface area contributed by atoms with E-state index in [1.54, 1.807) is 11.8 Å². The molecule has 2 N–H and O–H groups in total. The summed E-state index contributed by atoms with van der Waals surface area (Å²) < 4.78 is 2.13. The molecule has 1 aliphatic rings. The van der Waals surface area contributed by atoms with Crippen LogP contribution in [0.4, 0.5) is 0 Å². The number of rotatable bonds is 0. The van der Waals surface area contributed by atoms with Crippen molar-refractivity contribution in [2.45, 2.75) is 10.3 Å². The van der Waals surface area contributed by atoms with Crippen LogP contribution in [0.2, 0.25) is 0 Å². The summed E-state index contributed by atoms with van der Waals surface area (Å²) in [5, 5.41) is 1.33. The van der Waals surface area contributed by atoms with Crippen LogP contribution in [0.5, 0.6) is 0 Å². The minimum atomic E-state index is 0.0560. The van der Waals surface area contributed by atoms with E-state index < -0.39 is 0 Å². The second kappa shape index (κ2) is 2.90. The van der Waals surface area contributed by atoms with Crippen LogP contribution in [0.1, 0.15) is 0 Å². The zero-order valence-corrected chi connectivity index (χ0v) is 8.37. The maximum absolute atomic E-state index is 5.91. The Kier molecular flexibility index (Phi) is 1.69. The molecule has 2 aromatic rings. The Morgan fingerprint density at radius 1 is 1.29 bits per heavy atom. The molecule has 1 atom stereocenters. The summed E-state index contributed by atoms with van der Waals surface area (Å²) in [6, 6.07) is 8.45. The van der Waals surface area contributed by atoms with Crippen LogP contribution in [0, 0.1) is 0 Å². The van der Waals surface area contributed by atoms with Gasteiger partial charge in [-0.2, -0.15) is 0 Å². The molecule has 3 heteroatoms. The normalized spacial score (nSPS) is 19.9. The SMILES string of the molecule is NC1C=Cn2ccc3cccc(c32)S1. The van der Waals surface area contributed by atoms with Gasteiger partial charge in [0.2, 0.25) is 0 Å². The van der Waals surface area contributed by atoms with Gasteiger partial charge in [-0.05, 0) is 18.2 Å². The van der Waals surface area contributed by atoms with Gasteiger partial charge in [0.05, 0.1) is 10.9 Å². The maximum atomic E-state index is 5.91. The molecule has 0 saturated heterocycles. The molecule has 2 heterocycles. The molecule has 0 fully saturated rings. The molecule has 1 aliphatic heterocycles. The largest absolute Gasteiger partial charge is 0.322 e. The van der Waals surface area contributed by atoms with Gasteiger partial charge in [0.25, 0.3) is 0 Å². The Bertz CT molecular complexity index is 513. The lowest BCUT2D eigenvalue weighted by atomic mass is 10.2. The van der Waals surface area contributed by atoms with Crippen molar-refractivity contribution in [2.24, 2.45) is 5.73 Å². The van der Waals surface area contributed by atoms with Crippen LogP contribution in [-0.2, 0) is 0 Å². The third-order valence-corrected chi connectivity index (χ3v) is 3.42. The van der Waals surface area contributed by atoms with E-state index in [4.69, 9.17) is 5.73 Å². The number of hydrogen-bond donors (Lipinski definition) is 1. The first kappa shape index (κ1) is 8.15. The van der Waals surface area contributed by atoms with Gasteiger partial charge < -0.3 is 10.3 Å². The first-order chi connectivity index (χ1) is 6.84. The van der Waals surface area contributed by atoms with Crippen molar-refractivity contribution >= 4 is 28.9 Å². The second-order valence-electron chi connectivity index (χ2n) is 3.34. The molecular formula is C11H10N2S. The number of nitrogens with zero attached hydrogens (tertiary/aromatic N) is 1. The van der Waals surface area contributed by atoms with Gasteiger partial charge in [0, 0.05) is 22.7 Å². The number of thioether (sulfide) groups is 1. The van der Waals surface area contributed by atoms with Gasteiger partial charge in [-0.3, -0.25) is 0 Å². The monoisotopic (exact) mass is 202 g/mol. The highest BCUT2D eigenvalue weighted by Gasteiger charge is 2.11. The van der Waals surface area contributed by atoms with E-state index in [0.29, 0.717) is 0 Å². The molecule has 1 unspecified atom stereocenters. The number of nitrogens with two attached hydrogens (primary N) is 1. The highest BCUT2D eigenvalue weighted by molar-refractivity contribution is 8.00. The van der Waals surface area contributed by atoms with Gasteiger partial charge in [-0.15, -0.1) is 11.8 Å². The molecule has 2 nitrogen and oxygen atoms in total. The van der Waals surface area contributed by atoms with Crippen molar-refractivity contribution in [3.8, 4) is 0 Å². The van der Waals surface area contributed by atoms with Crippen LogP contribution in [0.3, 0.4) is 0 Å². The van der Waals surface area contributed by atoms with Crippen molar-refractivity contribution in [1.82, 2.24) is 4.57 Å². The fourth-order valence-corrected chi connectivity index (χ4v) is 2.70. The van der Waals surface area contributed by atoms with E-state index in [9.17, 15) is 0 Å². The number of para-hydroxylation sites is 1. The molecule has 14 heavy (non-hydrogen) atoms. The summed E-state index contributed by atoms with van der Waals surface area (Å²) in [5.74, 6) is 0. The smallest absolute Gasteiger partial charge is 0.0758 e. The summed E-state index contributed by atoms with van der Waals surface area (Å²) in [6.07, 6.45) is 6.13. The lowest BCUT2D eigenvalue weighted by Crippen LogP contribution is -2.10. The molecule has 0 radical (unpaired) electrons. The zero-order valence-electron chi connectivity index (χ0n) is 7.55. The van der Waals surface area contributed by atoms with Gasteiger partial charge in [-0.1, -0.05) is 12.1 Å². The van der Waals surface area contributed by atoms with Crippen molar-refractivity contribution in [3.05, 3.63) is 36.5 Å². The highest BCUT2D eigenvalue weighted by Crippen LogP contribution is 2.32. The Hall–Kier alpha value is -1.19. The Balaban J connectivity index is 2.39. The van der Waals surface area contributed by atoms with Crippen LogP contribution in [0.25, 0.3) is 17.1 Å². The van der Waals surface area contributed by atoms with E-state index >= 15 is 0 Å². The van der Waals surface area contributed by atoms with E-state index in [0.717, 1.165) is 0 Å². The fraction of sp³-hybridized carbons (Fsp3) is 0.0909. The first-order valence-corrected chi connectivity index (χ1v) is 5.43.